The number of hydrogen-bond acceptors (Lipinski definition) is 5. The number of amides is 1. The average Bonchev–Trinajstić information content (AvgIpc) is 2.65. The normalized spacial score (nSPS) is 12.4. The first kappa shape index (κ1) is 19.0. The SMILES string of the molecule is C=CC(=O)Nc1c2c(c(N)c(C(C)C)c1C(=O)O)C(=O)c1ccccc1C2=O. The summed E-state index contributed by atoms with van der Waals surface area (Å²) in [5.74, 6) is -3.51. The highest BCUT2D eigenvalue weighted by atomic mass is 16.4. The van der Waals surface area contributed by atoms with Crippen LogP contribution >= 0.6 is 0 Å². The lowest BCUT2D eigenvalue weighted by molar-refractivity contribution is -0.111. The smallest absolute Gasteiger partial charge is 0.338 e. The molecule has 28 heavy (non-hydrogen) atoms. The Labute approximate surface area is 160 Å². The Morgan fingerprint density at radius 3 is 2.11 bits per heavy atom. The van der Waals surface area contributed by atoms with Crippen LogP contribution in [0.15, 0.2) is 36.9 Å². The van der Waals surface area contributed by atoms with Crippen LogP contribution < -0.4 is 11.1 Å². The van der Waals surface area contributed by atoms with Gasteiger partial charge < -0.3 is 16.2 Å². The molecule has 7 heteroatoms. The van der Waals surface area contributed by atoms with Crippen molar-refractivity contribution in [2.45, 2.75) is 19.8 Å². The van der Waals surface area contributed by atoms with E-state index in [0.29, 0.717) is 0 Å². The molecule has 1 aliphatic rings. The van der Waals surface area contributed by atoms with E-state index in [9.17, 15) is 24.3 Å². The summed E-state index contributed by atoms with van der Waals surface area (Å²) in [6, 6.07) is 6.21. The number of anilines is 2. The number of fused-ring (bicyclic) bond motifs is 2. The fraction of sp³-hybridized carbons (Fsp3) is 0.143. The predicted molar refractivity (Wildman–Crippen MR) is 104 cm³/mol. The Kier molecular flexibility index (Phi) is 4.60. The molecule has 1 amide bonds. The van der Waals surface area contributed by atoms with E-state index in [1.54, 1.807) is 26.0 Å². The number of rotatable bonds is 4. The van der Waals surface area contributed by atoms with Crippen LogP contribution in [0.1, 0.15) is 67.5 Å². The molecule has 0 aliphatic heterocycles. The highest BCUT2D eigenvalue weighted by Crippen LogP contribution is 2.43. The van der Waals surface area contributed by atoms with Crippen molar-refractivity contribution in [3.8, 4) is 0 Å². The zero-order chi connectivity index (χ0) is 20.7. The molecule has 0 saturated carbocycles. The maximum absolute atomic E-state index is 13.2. The fourth-order valence-electron chi connectivity index (χ4n) is 3.52. The van der Waals surface area contributed by atoms with Gasteiger partial charge >= 0.3 is 5.97 Å². The number of ketones is 2. The van der Waals surface area contributed by atoms with Gasteiger partial charge in [0.1, 0.15) is 0 Å². The van der Waals surface area contributed by atoms with Crippen molar-refractivity contribution in [2.24, 2.45) is 0 Å². The van der Waals surface area contributed by atoms with Crippen LogP contribution in [-0.4, -0.2) is 28.5 Å². The van der Waals surface area contributed by atoms with E-state index in [-0.39, 0.29) is 50.7 Å². The quantitative estimate of drug-likeness (QED) is 0.473. The maximum atomic E-state index is 13.2. The van der Waals surface area contributed by atoms with Gasteiger partial charge in [-0.25, -0.2) is 4.79 Å². The molecule has 2 aromatic carbocycles. The van der Waals surface area contributed by atoms with Crippen LogP contribution in [-0.2, 0) is 4.79 Å². The van der Waals surface area contributed by atoms with Crippen molar-refractivity contribution in [2.75, 3.05) is 11.1 Å². The van der Waals surface area contributed by atoms with Gasteiger partial charge in [-0.15, -0.1) is 0 Å². The minimum Gasteiger partial charge on any atom is -0.478 e. The zero-order valence-corrected chi connectivity index (χ0v) is 15.3. The van der Waals surface area contributed by atoms with Crippen molar-refractivity contribution >= 4 is 34.8 Å². The summed E-state index contributed by atoms with van der Waals surface area (Å²) in [5.41, 5.74) is 5.81. The van der Waals surface area contributed by atoms with E-state index >= 15 is 0 Å². The lowest BCUT2D eigenvalue weighted by atomic mass is 9.78. The molecule has 0 spiro atoms. The lowest BCUT2D eigenvalue weighted by Crippen LogP contribution is -2.28. The van der Waals surface area contributed by atoms with E-state index < -0.39 is 23.4 Å². The first-order valence-corrected chi connectivity index (χ1v) is 8.55. The van der Waals surface area contributed by atoms with E-state index in [2.05, 4.69) is 11.9 Å². The average molecular weight is 378 g/mol. The number of carbonyl (C=O) groups excluding carboxylic acids is 3. The van der Waals surface area contributed by atoms with Crippen LogP contribution in [0.5, 0.6) is 0 Å². The summed E-state index contributed by atoms with van der Waals surface area (Å²) < 4.78 is 0. The number of nitrogens with two attached hydrogens (primary N) is 1. The first-order valence-electron chi connectivity index (χ1n) is 8.55. The minimum absolute atomic E-state index is 0.0631. The number of nitrogen functional groups attached to an aromatic ring is 1. The van der Waals surface area contributed by atoms with Crippen molar-refractivity contribution < 1.29 is 24.3 Å². The molecule has 1 aliphatic carbocycles. The van der Waals surface area contributed by atoms with Crippen molar-refractivity contribution in [3.63, 3.8) is 0 Å². The number of benzene rings is 2. The molecule has 0 aromatic heterocycles. The lowest BCUT2D eigenvalue weighted by Gasteiger charge is -2.27. The summed E-state index contributed by atoms with van der Waals surface area (Å²) in [7, 11) is 0. The van der Waals surface area contributed by atoms with Crippen LogP contribution in [0, 0.1) is 0 Å². The van der Waals surface area contributed by atoms with Gasteiger partial charge in [-0.1, -0.05) is 44.7 Å². The maximum Gasteiger partial charge on any atom is 0.338 e. The summed E-state index contributed by atoms with van der Waals surface area (Å²) in [5, 5.41) is 12.2. The summed E-state index contributed by atoms with van der Waals surface area (Å²) in [4.78, 5) is 50.4. The van der Waals surface area contributed by atoms with E-state index in [0.717, 1.165) is 6.08 Å². The number of carbonyl (C=O) groups is 4. The van der Waals surface area contributed by atoms with Gasteiger partial charge in [0.25, 0.3) is 0 Å². The summed E-state index contributed by atoms with van der Waals surface area (Å²) in [6.45, 7) is 6.78. The molecule has 0 radical (unpaired) electrons. The molecule has 0 fully saturated rings. The number of hydrogen-bond donors (Lipinski definition) is 3. The second-order valence-corrected chi connectivity index (χ2v) is 6.68. The van der Waals surface area contributed by atoms with E-state index in [1.165, 1.54) is 12.1 Å². The number of nitrogens with one attached hydrogen (secondary N) is 1. The van der Waals surface area contributed by atoms with Gasteiger partial charge in [0.05, 0.1) is 22.4 Å². The van der Waals surface area contributed by atoms with Gasteiger partial charge in [0, 0.05) is 16.8 Å². The molecule has 0 saturated heterocycles. The second kappa shape index (κ2) is 6.77. The van der Waals surface area contributed by atoms with Crippen molar-refractivity contribution in [1.82, 2.24) is 0 Å². The zero-order valence-electron chi connectivity index (χ0n) is 15.3. The number of carboxylic acid groups (broad SMARTS) is 1. The Hall–Kier alpha value is -3.74. The molecular formula is C21H18N2O5. The molecule has 0 bridgehead atoms. The Balaban J connectivity index is 2.51. The van der Waals surface area contributed by atoms with Gasteiger partial charge in [-0.2, -0.15) is 0 Å². The fourth-order valence-corrected chi connectivity index (χ4v) is 3.52. The van der Waals surface area contributed by atoms with Gasteiger partial charge in [0.15, 0.2) is 11.6 Å². The van der Waals surface area contributed by atoms with Crippen molar-refractivity contribution in [3.05, 3.63) is 70.3 Å². The van der Waals surface area contributed by atoms with Gasteiger partial charge in [0.2, 0.25) is 5.91 Å². The molecule has 0 unspecified atom stereocenters. The van der Waals surface area contributed by atoms with E-state index in [1.807, 2.05) is 0 Å². The Bertz CT molecular complexity index is 1080. The second-order valence-electron chi connectivity index (χ2n) is 6.68. The van der Waals surface area contributed by atoms with E-state index in [4.69, 9.17) is 5.73 Å². The number of carboxylic acids is 1. The molecule has 2 aromatic rings. The van der Waals surface area contributed by atoms with Crippen molar-refractivity contribution in [1.29, 1.82) is 0 Å². The standard InChI is InChI=1S/C21H18N2O5/c1-4-12(24)23-18-15-14(17(22)13(9(2)3)16(18)21(27)28)19(25)10-7-5-6-8-11(10)20(15)26/h4-9H,1,22H2,2-3H3,(H,23,24)(H,27,28). The molecule has 4 N–H and O–H groups in total. The number of aromatic carboxylic acids is 1. The minimum atomic E-state index is -1.36. The third-order valence-electron chi connectivity index (χ3n) is 4.67. The highest BCUT2D eigenvalue weighted by Gasteiger charge is 2.38. The summed E-state index contributed by atoms with van der Waals surface area (Å²) in [6.07, 6.45) is 0.951. The monoisotopic (exact) mass is 378 g/mol. The topological polar surface area (TPSA) is 127 Å². The first-order chi connectivity index (χ1) is 13.2. The molecule has 142 valence electrons. The van der Waals surface area contributed by atoms with Crippen LogP contribution in [0.4, 0.5) is 11.4 Å². The summed E-state index contributed by atoms with van der Waals surface area (Å²) >= 11 is 0. The molecule has 0 atom stereocenters. The van der Waals surface area contributed by atoms with Crippen LogP contribution in [0.25, 0.3) is 0 Å². The molecular weight excluding hydrogens is 360 g/mol. The van der Waals surface area contributed by atoms with Gasteiger partial charge in [-0.3, -0.25) is 14.4 Å². The molecule has 0 heterocycles. The third-order valence-corrected chi connectivity index (χ3v) is 4.67. The van der Waals surface area contributed by atoms with Gasteiger partial charge in [-0.05, 0) is 17.6 Å². The Morgan fingerprint density at radius 2 is 1.64 bits per heavy atom. The van der Waals surface area contributed by atoms with Crippen LogP contribution in [0.2, 0.25) is 0 Å². The third kappa shape index (κ3) is 2.68. The molecule has 7 nitrogen and oxygen atoms in total. The molecule has 3 rings (SSSR count). The van der Waals surface area contributed by atoms with Crippen LogP contribution in [0.3, 0.4) is 0 Å². The largest absolute Gasteiger partial charge is 0.478 e. The Morgan fingerprint density at radius 1 is 1.11 bits per heavy atom. The highest BCUT2D eigenvalue weighted by molar-refractivity contribution is 6.33. The predicted octanol–water partition coefficient (Wildman–Crippen LogP) is 2.99.